The number of rotatable bonds is 10. The van der Waals surface area contributed by atoms with E-state index < -0.39 is 5.41 Å². The van der Waals surface area contributed by atoms with Crippen LogP contribution in [0.1, 0.15) is 53.9 Å². The van der Waals surface area contributed by atoms with Crippen LogP contribution in [0.3, 0.4) is 0 Å². The van der Waals surface area contributed by atoms with Gasteiger partial charge in [0.2, 0.25) is 11.8 Å². The molecule has 0 aliphatic rings. The van der Waals surface area contributed by atoms with E-state index in [2.05, 4.69) is 16.2 Å². The van der Waals surface area contributed by atoms with Gasteiger partial charge in [0.25, 0.3) is 0 Å². The van der Waals surface area contributed by atoms with E-state index in [1.54, 1.807) is 7.05 Å². The summed E-state index contributed by atoms with van der Waals surface area (Å²) in [5, 5.41) is 2.84. The predicted molar refractivity (Wildman–Crippen MR) is 83.5 cm³/mol. The van der Waals surface area contributed by atoms with E-state index in [-0.39, 0.29) is 17.4 Å². The molecule has 0 aromatic heterocycles. The fraction of sp³-hybridized carbons (Fsp3) is 0.867. The average molecular weight is 301 g/mol. The number of carbonyl (C=O) groups is 2. The molecule has 6 nitrogen and oxygen atoms in total. The third-order valence-electron chi connectivity index (χ3n) is 3.44. The molecule has 0 aromatic carbocycles. The van der Waals surface area contributed by atoms with E-state index in [9.17, 15) is 9.59 Å². The lowest BCUT2D eigenvalue weighted by Gasteiger charge is -2.29. The van der Waals surface area contributed by atoms with Gasteiger partial charge < -0.3 is 10.1 Å². The molecule has 0 saturated heterocycles. The highest BCUT2D eigenvalue weighted by atomic mass is 16.5. The number of nitrogens with one attached hydrogen (secondary N) is 3. The highest BCUT2D eigenvalue weighted by molar-refractivity contribution is 5.81. The van der Waals surface area contributed by atoms with Crippen molar-refractivity contribution >= 4 is 11.8 Å². The Balaban J connectivity index is 4.07. The van der Waals surface area contributed by atoms with Gasteiger partial charge in [0.15, 0.2) is 0 Å². The standard InChI is InChI=1S/C15H31N3O3/c1-7-12(19)17-10-8-15(4,5)21-11-9-14(2,3)13(20)18-16-6/h16H,7-11H2,1-6H3,(H,17,19)(H,18,20). The molecule has 0 rings (SSSR count). The van der Waals surface area contributed by atoms with Gasteiger partial charge in [-0.15, -0.1) is 0 Å². The summed E-state index contributed by atoms with van der Waals surface area (Å²) in [4.78, 5) is 23.0. The second-order valence-corrected chi connectivity index (χ2v) is 6.40. The van der Waals surface area contributed by atoms with Crippen molar-refractivity contribution in [2.45, 2.75) is 59.5 Å². The van der Waals surface area contributed by atoms with E-state index in [0.717, 1.165) is 6.42 Å². The second kappa shape index (κ2) is 9.00. The fourth-order valence-corrected chi connectivity index (χ4v) is 1.68. The maximum Gasteiger partial charge on any atom is 0.239 e. The van der Waals surface area contributed by atoms with E-state index in [1.807, 2.05) is 34.6 Å². The summed E-state index contributed by atoms with van der Waals surface area (Å²) in [7, 11) is 1.66. The molecule has 3 N–H and O–H groups in total. The van der Waals surface area contributed by atoms with E-state index in [0.29, 0.717) is 26.0 Å². The highest BCUT2D eigenvalue weighted by Crippen LogP contribution is 2.22. The fourth-order valence-electron chi connectivity index (χ4n) is 1.68. The van der Waals surface area contributed by atoms with Crippen molar-refractivity contribution in [3.8, 4) is 0 Å². The lowest BCUT2D eigenvalue weighted by atomic mass is 9.89. The molecule has 0 atom stereocenters. The molecule has 0 unspecified atom stereocenters. The Morgan fingerprint density at radius 1 is 1.10 bits per heavy atom. The summed E-state index contributed by atoms with van der Waals surface area (Å²) in [6, 6.07) is 0. The third kappa shape index (κ3) is 8.67. The average Bonchev–Trinajstić information content (AvgIpc) is 2.37. The topological polar surface area (TPSA) is 79.5 Å². The maximum absolute atomic E-state index is 11.8. The Kier molecular flexibility index (Phi) is 8.51. The first kappa shape index (κ1) is 19.9. The molecule has 0 heterocycles. The Hall–Kier alpha value is -1.14. The quantitative estimate of drug-likeness (QED) is 0.532. The third-order valence-corrected chi connectivity index (χ3v) is 3.44. The van der Waals surface area contributed by atoms with Gasteiger partial charge in [-0.05, 0) is 26.7 Å². The molecule has 0 radical (unpaired) electrons. The summed E-state index contributed by atoms with van der Waals surface area (Å²) in [6.45, 7) is 10.7. The number of ether oxygens (including phenoxy) is 1. The van der Waals surface area contributed by atoms with Crippen LogP contribution in [0.2, 0.25) is 0 Å². The van der Waals surface area contributed by atoms with Crippen LogP contribution in [0.4, 0.5) is 0 Å². The van der Waals surface area contributed by atoms with Gasteiger partial charge in [0.05, 0.1) is 5.60 Å². The first-order chi connectivity index (χ1) is 9.64. The van der Waals surface area contributed by atoms with Crippen LogP contribution >= 0.6 is 0 Å². The van der Waals surface area contributed by atoms with Gasteiger partial charge in [-0.25, -0.2) is 5.43 Å². The Bertz CT molecular complexity index is 341. The molecule has 0 spiro atoms. The normalized spacial score (nSPS) is 12.1. The maximum atomic E-state index is 11.8. The number of hydrogen-bond donors (Lipinski definition) is 3. The molecule has 6 heteroatoms. The summed E-state index contributed by atoms with van der Waals surface area (Å²) < 4.78 is 5.86. The molecule has 0 fully saturated rings. The van der Waals surface area contributed by atoms with Gasteiger partial charge in [0.1, 0.15) is 0 Å². The minimum Gasteiger partial charge on any atom is -0.375 e. The monoisotopic (exact) mass is 301 g/mol. The van der Waals surface area contributed by atoms with E-state index in [1.165, 1.54) is 0 Å². The van der Waals surface area contributed by atoms with Crippen LogP contribution < -0.4 is 16.2 Å². The zero-order valence-corrected chi connectivity index (χ0v) is 14.3. The molecule has 0 bridgehead atoms. The molecule has 0 aliphatic heterocycles. The minimum absolute atomic E-state index is 0.0515. The van der Waals surface area contributed by atoms with Crippen LogP contribution in [0.5, 0.6) is 0 Å². The van der Waals surface area contributed by atoms with Crippen molar-refractivity contribution in [2.24, 2.45) is 5.41 Å². The molecule has 0 aromatic rings. The Morgan fingerprint density at radius 3 is 2.24 bits per heavy atom. The predicted octanol–water partition coefficient (Wildman–Crippen LogP) is 1.36. The zero-order valence-electron chi connectivity index (χ0n) is 14.3. The number of hydrogen-bond acceptors (Lipinski definition) is 4. The molecule has 0 saturated carbocycles. The van der Waals surface area contributed by atoms with Crippen molar-refractivity contribution in [2.75, 3.05) is 20.2 Å². The van der Waals surface area contributed by atoms with Crippen molar-refractivity contribution in [3.63, 3.8) is 0 Å². The van der Waals surface area contributed by atoms with Crippen LogP contribution in [-0.2, 0) is 14.3 Å². The summed E-state index contributed by atoms with van der Waals surface area (Å²) >= 11 is 0. The summed E-state index contributed by atoms with van der Waals surface area (Å²) in [5.41, 5.74) is 4.42. The van der Waals surface area contributed by atoms with Crippen LogP contribution in [0.15, 0.2) is 0 Å². The first-order valence-electron chi connectivity index (χ1n) is 7.52. The summed E-state index contributed by atoms with van der Waals surface area (Å²) in [6.07, 6.45) is 1.86. The minimum atomic E-state index is -0.491. The van der Waals surface area contributed by atoms with Gasteiger partial charge in [-0.3, -0.25) is 15.0 Å². The van der Waals surface area contributed by atoms with Gasteiger partial charge in [0, 0.05) is 32.0 Å². The lowest BCUT2D eigenvalue weighted by molar-refractivity contribution is -0.132. The molecule has 124 valence electrons. The SMILES string of the molecule is CCC(=O)NCCC(C)(C)OCCC(C)(C)C(=O)NNC. The number of amides is 2. The lowest BCUT2D eigenvalue weighted by Crippen LogP contribution is -2.44. The van der Waals surface area contributed by atoms with E-state index in [4.69, 9.17) is 4.74 Å². The summed E-state index contributed by atoms with van der Waals surface area (Å²) in [5.74, 6) is -0.00251. The Labute approximate surface area is 128 Å². The van der Waals surface area contributed by atoms with E-state index >= 15 is 0 Å². The number of carbonyl (C=O) groups excluding carboxylic acids is 2. The van der Waals surface area contributed by atoms with Crippen molar-refractivity contribution < 1.29 is 14.3 Å². The first-order valence-corrected chi connectivity index (χ1v) is 7.52. The largest absolute Gasteiger partial charge is 0.375 e. The van der Waals surface area contributed by atoms with Crippen LogP contribution in [0, 0.1) is 5.41 Å². The zero-order chi connectivity index (χ0) is 16.5. The van der Waals surface area contributed by atoms with Crippen LogP contribution in [0.25, 0.3) is 0 Å². The van der Waals surface area contributed by atoms with Gasteiger partial charge in [-0.1, -0.05) is 20.8 Å². The molecule has 0 aliphatic carbocycles. The molecule has 2 amide bonds. The number of hydrazine groups is 1. The van der Waals surface area contributed by atoms with Crippen molar-refractivity contribution in [3.05, 3.63) is 0 Å². The van der Waals surface area contributed by atoms with Gasteiger partial charge in [-0.2, -0.15) is 0 Å². The molecular weight excluding hydrogens is 270 g/mol. The molecular formula is C15H31N3O3. The van der Waals surface area contributed by atoms with Crippen molar-refractivity contribution in [1.82, 2.24) is 16.2 Å². The Morgan fingerprint density at radius 2 is 1.71 bits per heavy atom. The molecule has 21 heavy (non-hydrogen) atoms. The van der Waals surface area contributed by atoms with Crippen molar-refractivity contribution in [1.29, 1.82) is 0 Å². The van der Waals surface area contributed by atoms with Crippen LogP contribution in [-0.4, -0.2) is 37.6 Å². The smallest absolute Gasteiger partial charge is 0.239 e. The highest BCUT2D eigenvalue weighted by Gasteiger charge is 2.28. The second-order valence-electron chi connectivity index (χ2n) is 6.40. The van der Waals surface area contributed by atoms with Gasteiger partial charge >= 0.3 is 0 Å².